The maximum absolute atomic E-state index is 12.7. The Labute approximate surface area is 146 Å². The highest BCUT2D eigenvalue weighted by atomic mass is 32.1. The van der Waals surface area contributed by atoms with E-state index < -0.39 is 0 Å². The van der Waals surface area contributed by atoms with Gasteiger partial charge in [-0.3, -0.25) is 9.69 Å². The SMILES string of the molecule is C[C@@H]1CN(C(=O)CN2CCC[C@@H]2c2nc3ccccc3s2)CCO1. The maximum atomic E-state index is 12.7. The predicted molar refractivity (Wildman–Crippen MR) is 95.2 cm³/mol. The molecule has 2 fully saturated rings. The average molecular weight is 345 g/mol. The van der Waals surface area contributed by atoms with E-state index in [0.717, 1.165) is 29.9 Å². The highest BCUT2D eigenvalue weighted by molar-refractivity contribution is 7.18. The molecule has 0 unspecified atom stereocenters. The lowest BCUT2D eigenvalue weighted by molar-refractivity contribution is -0.139. The van der Waals surface area contributed by atoms with Crippen LogP contribution in [0.2, 0.25) is 0 Å². The molecule has 4 rings (SSSR count). The predicted octanol–water partition coefficient (Wildman–Crippen LogP) is 2.68. The number of fused-ring (bicyclic) bond motifs is 1. The van der Waals surface area contributed by atoms with Crippen molar-refractivity contribution in [1.29, 1.82) is 0 Å². The second kappa shape index (κ2) is 6.78. The topological polar surface area (TPSA) is 45.7 Å². The van der Waals surface area contributed by atoms with Crippen LogP contribution in [0.4, 0.5) is 0 Å². The van der Waals surface area contributed by atoms with Gasteiger partial charge in [-0.2, -0.15) is 0 Å². The lowest BCUT2D eigenvalue weighted by Crippen LogP contribution is -2.48. The monoisotopic (exact) mass is 345 g/mol. The molecule has 0 N–H and O–H groups in total. The van der Waals surface area contributed by atoms with Gasteiger partial charge in [0.15, 0.2) is 0 Å². The van der Waals surface area contributed by atoms with Crippen LogP contribution in [-0.2, 0) is 9.53 Å². The Morgan fingerprint density at radius 1 is 1.38 bits per heavy atom. The molecule has 1 aromatic heterocycles. The van der Waals surface area contributed by atoms with E-state index in [1.165, 1.54) is 4.70 Å². The number of thiazole rings is 1. The van der Waals surface area contributed by atoms with Crippen LogP contribution in [0.1, 0.15) is 30.8 Å². The zero-order valence-corrected chi connectivity index (χ0v) is 14.8. The first-order valence-electron chi connectivity index (χ1n) is 8.69. The quantitative estimate of drug-likeness (QED) is 0.858. The number of hydrogen-bond donors (Lipinski definition) is 0. The number of para-hydroxylation sites is 1. The van der Waals surface area contributed by atoms with E-state index in [2.05, 4.69) is 23.1 Å². The van der Waals surface area contributed by atoms with Gasteiger partial charge in [-0.1, -0.05) is 12.1 Å². The van der Waals surface area contributed by atoms with Crippen LogP contribution < -0.4 is 0 Å². The molecular weight excluding hydrogens is 322 g/mol. The van der Waals surface area contributed by atoms with Gasteiger partial charge in [0.05, 0.1) is 35.5 Å². The van der Waals surface area contributed by atoms with Crippen LogP contribution >= 0.6 is 11.3 Å². The third kappa shape index (κ3) is 3.18. The molecule has 2 aliphatic heterocycles. The van der Waals surface area contributed by atoms with Crippen molar-refractivity contribution in [2.75, 3.05) is 32.8 Å². The maximum Gasteiger partial charge on any atom is 0.236 e. The van der Waals surface area contributed by atoms with E-state index in [0.29, 0.717) is 26.2 Å². The van der Waals surface area contributed by atoms with E-state index in [-0.39, 0.29) is 18.1 Å². The molecule has 0 bridgehead atoms. The van der Waals surface area contributed by atoms with Crippen molar-refractivity contribution in [1.82, 2.24) is 14.8 Å². The van der Waals surface area contributed by atoms with Gasteiger partial charge in [-0.05, 0) is 38.4 Å². The van der Waals surface area contributed by atoms with Crippen molar-refractivity contribution < 1.29 is 9.53 Å². The molecule has 0 radical (unpaired) electrons. The van der Waals surface area contributed by atoms with E-state index in [4.69, 9.17) is 9.72 Å². The number of carbonyl (C=O) groups excluding carboxylic acids is 1. The first-order valence-corrected chi connectivity index (χ1v) is 9.51. The standard InChI is InChI=1S/C18H23N3O2S/c1-13-11-21(9-10-23-13)17(22)12-20-8-4-6-15(20)18-19-14-5-2-3-7-16(14)24-18/h2-3,5,7,13,15H,4,6,8-12H2,1H3/t13-,15-/m1/s1. The fourth-order valence-electron chi connectivity index (χ4n) is 3.65. The van der Waals surface area contributed by atoms with Gasteiger partial charge in [0.1, 0.15) is 5.01 Å². The van der Waals surface area contributed by atoms with Crippen molar-refractivity contribution in [2.45, 2.75) is 31.9 Å². The highest BCUT2D eigenvalue weighted by Gasteiger charge is 2.32. The number of morpholine rings is 1. The molecule has 0 spiro atoms. The minimum absolute atomic E-state index is 0.140. The number of rotatable bonds is 3. The minimum Gasteiger partial charge on any atom is -0.375 e. The zero-order chi connectivity index (χ0) is 16.5. The van der Waals surface area contributed by atoms with Gasteiger partial charge < -0.3 is 9.64 Å². The molecule has 1 aromatic carbocycles. The van der Waals surface area contributed by atoms with Gasteiger partial charge in [0, 0.05) is 13.1 Å². The number of hydrogen-bond acceptors (Lipinski definition) is 5. The first-order chi connectivity index (χ1) is 11.7. The fourth-order valence-corrected chi connectivity index (χ4v) is 4.78. The summed E-state index contributed by atoms with van der Waals surface area (Å²) in [7, 11) is 0. The average Bonchev–Trinajstić information content (AvgIpc) is 3.20. The first kappa shape index (κ1) is 16.0. The van der Waals surface area contributed by atoms with Crippen molar-refractivity contribution in [2.24, 2.45) is 0 Å². The Morgan fingerprint density at radius 2 is 2.25 bits per heavy atom. The summed E-state index contributed by atoms with van der Waals surface area (Å²) in [4.78, 5) is 21.7. The van der Waals surface area contributed by atoms with Gasteiger partial charge in [0.25, 0.3) is 0 Å². The zero-order valence-electron chi connectivity index (χ0n) is 14.0. The summed E-state index contributed by atoms with van der Waals surface area (Å²) in [5.41, 5.74) is 1.07. The van der Waals surface area contributed by atoms with Crippen LogP contribution in [0.5, 0.6) is 0 Å². The number of amides is 1. The smallest absolute Gasteiger partial charge is 0.236 e. The summed E-state index contributed by atoms with van der Waals surface area (Å²) in [6, 6.07) is 8.55. The van der Waals surface area contributed by atoms with Crippen LogP contribution in [-0.4, -0.2) is 59.6 Å². The second-order valence-electron chi connectivity index (χ2n) is 6.67. The Hall–Kier alpha value is -1.50. The van der Waals surface area contributed by atoms with E-state index in [9.17, 15) is 4.79 Å². The van der Waals surface area contributed by atoms with E-state index in [1.807, 2.05) is 17.9 Å². The lowest BCUT2D eigenvalue weighted by atomic mass is 10.2. The summed E-state index contributed by atoms with van der Waals surface area (Å²) in [5.74, 6) is 0.221. The molecule has 2 atom stereocenters. The lowest BCUT2D eigenvalue weighted by Gasteiger charge is -2.33. The Kier molecular flexibility index (Phi) is 4.52. The summed E-state index contributed by atoms with van der Waals surface area (Å²) >= 11 is 1.76. The molecular formula is C18H23N3O2S. The third-order valence-corrected chi connectivity index (χ3v) is 6.03. The molecule has 2 saturated heterocycles. The molecule has 1 amide bonds. The Morgan fingerprint density at radius 3 is 3.08 bits per heavy atom. The van der Waals surface area contributed by atoms with Crippen LogP contribution in [0.3, 0.4) is 0 Å². The molecule has 2 aliphatic rings. The van der Waals surface area contributed by atoms with Crippen molar-refractivity contribution in [3.63, 3.8) is 0 Å². The van der Waals surface area contributed by atoms with Crippen molar-refractivity contribution in [3.05, 3.63) is 29.3 Å². The molecule has 24 heavy (non-hydrogen) atoms. The normalized spacial score (nSPS) is 25.5. The van der Waals surface area contributed by atoms with Crippen molar-refractivity contribution in [3.8, 4) is 0 Å². The van der Waals surface area contributed by atoms with Crippen LogP contribution in [0.25, 0.3) is 10.2 Å². The molecule has 6 heteroatoms. The third-order valence-electron chi connectivity index (χ3n) is 4.89. The molecule has 3 heterocycles. The summed E-state index contributed by atoms with van der Waals surface area (Å²) < 4.78 is 6.77. The van der Waals surface area contributed by atoms with Gasteiger partial charge in [-0.15, -0.1) is 11.3 Å². The van der Waals surface area contributed by atoms with E-state index >= 15 is 0 Å². The highest BCUT2D eigenvalue weighted by Crippen LogP contribution is 2.36. The number of ether oxygens (including phenoxy) is 1. The minimum atomic E-state index is 0.140. The summed E-state index contributed by atoms with van der Waals surface area (Å²) in [6.45, 7) is 5.56. The molecule has 5 nitrogen and oxygen atoms in total. The van der Waals surface area contributed by atoms with E-state index in [1.54, 1.807) is 11.3 Å². The number of carbonyl (C=O) groups is 1. The van der Waals surface area contributed by atoms with Gasteiger partial charge in [-0.25, -0.2) is 4.98 Å². The van der Waals surface area contributed by atoms with Crippen molar-refractivity contribution >= 4 is 27.5 Å². The second-order valence-corrected chi connectivity index (χ2v) is 7.73. The molecule has 0 saturated carbocycles. The largest absolute Gasteiger partial charge is 0.375 e. The summed E-state index contributed by atoms with van der Waals surface area (Å²) in [6.07, 6.45) is 2.36. The van der Waals surface area contributed by atoms with Gasteiger partial charge >= 0.3 is 0 Å². The number of nitrogens with zero attached hydrogens (tertiary/aromatic N) is 3. The molecule has 128 valence electrons. The number of likely N-dealkylation sites (tertiary alicyclic amines) is 1. The fraction of sp³-hybridized carbons (Fsp3) is 0.556. The number of aromatic nitrogens is 1. The summed E-state index contributed by atoms with van der Waals surface area (Å²) in [5, 5.41) is 1.15. The van der Waals surface area contributed by atoms with Crippen LogP contribution in [0, 0.1) is 0 Å². The Balaban J connectivity index is 1.47. The van der Waals surface area contributed by atoms with Gasteiger partial charge in [0.2, 0.25) is 5.91 Å². The molecule has 0 aliphatic carbocycles. The Bertz CT molecular complexity index is 699. The van der Waals surface area contributed by atoms with Crippen LogP contribution in [0.15, 0.2) is 24.3 Å². The molecule has 2 aromatic rings. The number of benzene rings is 1.